The van der Waals surface area contributed by atoms with Crippen LogP contribution in [-0.4, -0.2) is 15.8 Å². The molecule has 438 valence electrons. The third-order valence-electron chi connectivity index (χ3n) is 19.2. The Morgan fingerprint density at radius 2 is 0.837 bits per heavy atom. The number of anilines is 3. The summed E-state index contributed by atoms with van der Waals surface area (Å²) < 4.78 is 163. The maximum absolute atomic E-state index is 10.1. The van der Waals surface area contributed by atoms with Crippen LogP contribution in [0.15, 0.2) is 291 Å². The summed E-state index contributed by atoms with van der Waals surface area (Å²) in [6.45, 7) is 12.4. The molecule has 2 aromatic heterocycles. The first-order valence-electron chi connectivity index (χ1n) is 39.1. The zero-order chi connectivity index (χ0) is 75.7. The summed E-state index contributed by atoms with van der Waals surface area (Å²) in [6.07, 6.45) is 0. The van der Waals surface area contributed by atoms with Crippen molar-refractivity contribution in [2.75, 3.05) is 4.90 Å². The molecule has 0 radical (unpaired) electrons. The van der Waals surface area contributed by atoms with Crippen molar-refractivity contribution < 1.29 is 26.7 Å². The molecule has 0 saturated heterocycles. The first-order chi connectivity index (χ1) is 51.6. The minimum absolute atomic E-state index is 0.0753. The van der Waals surface area contributed by atoms with E-state index in [0.717, 1.165) is 72.3 Å². The van der Waals surface area contributed by atoms with Crippen LogP contribution in [0.4, 0.5) is 17.1 Å². The van der Waals surface area contributed by atoms with Crippen LogP contribution >= 0.6 is 0 Å². The Labute approximate surface area is 560 Å². The maximum Gasteiger partial charge on any atom is 0.247 e. The summed E-state index contributed by atoms with van der Waals surface area (Å²) in [5.74, 6) is 0.909. The Morgan fingerprint density at radius 3 is 1.38 bits per heavy atom. The van der Waals surface area contributed by atoms with E-state index in [9.17, 15) is 19.2 Å². The monoisotopic (exact) mass is 1200 g/mol. The summed E-state index contributed by atoms with van der Waals surface area (Å²) in [4.78, 5) is 2.34. The van der Waals surface area contributed by atoms with E-state index >= 15 is 0 Å². The van der Waals surface area contributed by atoms with E-state index in [1.807, 2.05) is 115 Å². The summed E-state index contributed by atoms with van der Waals surface area (Å²) in [6, 6.07) is 56.9. The Kier molecular flexibility index (Phi) is 8.72. The van der Waals surface area contributed by atoms with Gasteiger partial charge in [0.2, 0.25) is 6.71 Å². The Hall–Kier alpha value is -10.9. The van der Waals surface area contributed by atoms with Gasteiger partial charge in [-0.3, -0.25) is 0 Å². The number of benzene rings is 13. The highest BCUT2D eigenvalue weighted by Crippen LogP contribution is 2.59. The van der Waals surface area contributed by atoms with Crippen LogP contribution < -0.4 is 26.0 Å². The fourth-order valence-electron chi connectivity index (χ4n) is 15.0. The molecule has 15 aromatic rings. The summed E-state index contributed by atoms with van der Waals surface area (Å²) >= 11 is 0. The van der Waals surface area contributed by atoms with E-state index in [0.29, 0.717) is 39.4 Å². The quantitative estimate of drug-likeness (QED) is 0.155. The van der Waals surface area contributed by atoms with Crippen molar-refractivity contribution >= 4 is 83.8 Å². The Morgan fingerprint density at radius 1 is 0.370 bits per heavy atom. The molecule has 0 aliphatic carbocycles. The fraction of sp³-hybridized carbons (Fsp3) is 0.103. The second kappa shape index (κ2) is 20.1. The van der Waals surface area contributed by atoms with Crippen molar-refractivity contribution in [3.05, 3.63) is 324 Å². The van der Waals surface area contributed by atoms with E-state index in [1.165, 1.54) is 4.57 Å². The molecular formula is C87H66BN3O. The van der Waals surface area contributed by atoms with Crippen molar-refractivity contribution in [1.29, 1.82) is 0 Å². The zero-order valence-electron chi connectivity index (χ0n) is 67.3. The van der Waals surface area contributed by atoms with Gasteiger partial charge in [-0.2, -0.15) is 0 Å². The zero-order valence-corrected chi connectivity index (χ0v) is 51.3. The topological polar surface area (TPSA) is 22.3 Å². The van der Waals surface area contributed by atoms with Crippen molar-refractivity contribution in [2.45, 2.75) is 57.8 Å². The Bertz CT molecular complexity index is 6280. The van der Waals surface area contributed by atoms with Crippen LogP contribution in [0.5, 0.6) is 11.5 Å². The van der Waals surface area contributed by atoms with Crippen LogP contribution in [-0.2, 0) is 16.2 Å². The molecule has 0 atom stereocenters. The number of hydrogen-bond donors (Lipinski definition) is 0. The number of aromatic nitrogens is 2. The largest absolute Gasteiger partial charge is 0.457 e. The SMILES string of the molecule is [2H]c1c([2H])c([2H])c2c(c1[2H])c1c([2H])c([2H])c([2H])c([2H])c1n2-c1ccc2c(c1)C1(c3ccccc3Oc3ccccc31)c1cc(-n3c4c([2H])c([2H])c([2H])c([2H])c4c4c([2H])c([2H])c([2H])c([2H])c43)cc3c1B2c1ccc(-c2cccc(C(C)(C)C)c2)cc1N3c1c(-c2ccccc2)cc(C(C)(C)C)cc1-c1ccccc1. The predicted molar refractivity (Wildman–Crippen MR) is 387 cm³/mol. The molecule has 13 aromatic carbocycles. The predicted octanol–water partition coefficient (Wildman–Crippen LogP) is 20.6. The van der Waals surface area contributed by atoms with Gasteiger partial charge in [0.25, 0.3) is 0 Å². The van der Waals surface area contributed by atoms with Crippen LogP contribution in [0.3, 0.4) is 0 Å². The lowest BCUT2D eigenvalue weighted by atomic mass is 9.29. The molecular weight excluding hydrogens is 1110 g/mol. The van der Waals surface area contributed by atoms with E-state index in [-0.39, 0.29) is 60.4 Å². The molecule has 5 heterocycles. The summed E-state index contributed by atoms with van der Waals surface area (Å²) in [5.41, 5.74) is 12.5. The number of ether oxygens (including phenoxy) is 1. The lowest BCUT2D eigenvalue weighted by Crippen LogP contribution is -2.65. The highest BCUT2D eigenvalue weighted by Gasteiger charge is 2.55. The van der Waals surface area contributed by atoms with Gasteiger partial charge in [0.1, 0.15) is 11.5 Å². The molecule has 0 unspecified atom stereocenters. The van der Waals surface area contributed by atoms with Crippen LogP contribution in [0, 0.1) is 0 Å². The van der Waals surface area contributed by atoms with Crippen LogP contribution in [0.1, 0.15) is 96.9 Å². The lowest BCUT2D eigenvalue weighted by molar-refractivity contribution is 0.435. The number of fused-ring (bicyclic) bond motifs is 16. The molecule has 3 aliphatic rings. The minimum atomic E-state index is -1.60. The van der Waals surface area contributed by atoms with Gasteiger partial charge in [-0.25, -0.2) is 0 Å². The molecule has 92 heavy (non-hydrogen) atoms. The molecule has 5 heteroatoms. The van der Waals surface area contributed by atoms with Crippen LogP contribution in [0.2, 0.25) is 0 Å². The van der Waals surface area contributed by atoms with Crippen molar-refractivity contribution in [3.8, 4) is 56.3 Å². The summed E-state index contributed by atoms with van der Waals surface area (Å²) in [5, 5.41) is -0.407. The van der Waals surface area contributed by atoms with Gasteiger partial charge in [-0.05, 0) is 145 Å². The molecule has 3 aliphatic heterocycles. The molecule has 0 bridgehead atoms. The smallest absolute Gasteiger partial charge is 0.247 e. The van der Waals surface area contributed by atoms with Gasteiger partial charge >= 0.3 is 0 Å². The molecule has 1 spiro atoms. The maximum atomic E-state index is 10.1. The van der Waals surface area contributed by atoms with Gasteiger partial charge in [-0.15, -0.1) is 0 Å². The molecule has 4 nitrogen and oxygen atoms in total. The average Bonchev–Trinajstić information content (AvgIpc) is 0.684. The third kappa shape index (κ3) is 7.91. The lowest BCUT2D eigenvalue weighted by Gasteiger charge is -2.50. The second-order valence-electron chi connectivity index (χ2n) is 26.4. The van der Waals surface area contributed by atoms with E-state index < -0.39 is 114 Å². The first kappa shape index (κ1) is 40.0. The Balaban J connectivity index is 1.11. The van der Waals surface area contributed by atoms with Gasteiger partial charge in [0.15, 0.2) is 0 Å². The number of nitrogens with zero attached hydrogens (tertiary/aromatic N) is 3. The highest BCUT2D eigenvalue weighted by atomic mass is 16.5. The molecule has 0 amide bonds. The van der Waals surface area contributed by atoms with E-state index in [2.05, 4.69) is 125 Å². The number of hydrogen-bond acceptors (Lipinski definition) is 2. The van der Waals surface area contributed by atoms with E-state index in [4.69, 9.17) is 7.48 Å². The van der Waals surface area contributed by atoms with Gasteiger partial charge in [-0.1, -0.05) is 259 Å². The van der Waals surface area contributed by atoms with Gasteiger partial charge < -0.3 is 18.8 Å². The fourth-order valence-corrected chi connectivity index (χ4v) is 15.0. The number of rotatable bonds is 6. The molecule has 18 rings (SSSR count). The summed E-state index contributed by atoms with van der Waals surface area (Å²) in [7, 11) is 0. The normalized spacial score (nSPS) is 16.1. The van der Waals surface area contributed by atoms with Gasteiger partial charge in [0, 0.05) is 66.5 Å². The highest BCUT2D eigenvalue weighted by molar-refractivity contribution is 6.99. The van der Waals surface area contributed by atoms with Gasteiger partial charge in [0.05, 0.1) is 55.1 Å². The van der Waals surface area contributed by atoms with Crippen molar-refractivity contribution in [3.63, 3.8) is 0 Å². The first-order valence-corrected chi connectivity index (χ1v) is 31.1. The van der Waals surface area contributed by atoms with E-state index in [1.54, 1.807) is 4.57 Å². The number of para-hydroxylation sites is 6. The second-order valence-corrected chi connectivity index (χ2v) is 26.4. The molecule has 0 saturated carbocycles. The standard InChI is InChI=1S/C87H66BN3O/c1-85(2,3)59-31-25-30-57(48-59)58-44-46-74-79(49-58)91(84-67(55-26-9-7-10-27-55)50-60(86(4,5)6)51-68(84)56-28-11-8-12-29-56)80-54-62(90-77-40-21-15-34-65(77)66-35-16-22-41-78(66)90)53-72-83(80)88(74)73-47-45-61(89-75-38-19-13-32-63(75)64-33-14-20-39-76(64)89)52-71(73)87(72)69-36-17-23-42-81(69)92-82-43-24-18-37-70(82)87/h7-54H,1-6H3/i13D,14D,15D,16D,19D,20D,21D,22D,32D,33D,34D,35D,38D,39D,40D,41D. The van der Waals surface area contributed by atoms with Crippen molar-refractivity contribution in [2.24, 2.45) is 0 Å². The molecule has 0 N–H and O–H groups in total. The minimum Gasteiger partial charge on any atom is -0.457 e. The third-order valence-corrected chi connectivity index (χ3v) is 19.2. The van der Waals surface area contributed by atoms with Crippen LogP contribution in [0.25, 0.3) is 88.4 Å². The van der Waals surface area contributed by atoms with Crippen molar-refractivity contribution in [1.82, 2.24) is 9.13 Å². The average molecular weight is 1200 g/mol. The molecule has 0 fully saturated rings.